The third kappa shape index (κ3) is 2.98. The van der Waals surface area contributed by atoms with Gasteiger partial charge in [-0.2, -0.15) is 10.4 Å². The van der Waals surface area contributed by atoms with E-state index in [1.807, 2.05) is 6.07 Å². The van der Waals surface area contributed by atoms with Crippen LogP contribution in [0.25, 0.3) is 0 Å². The highest BCUT2D eigenvalue weighted by atomic mass is 15.2. The van der Waals surface area contributed by atoms with Crippen molar-refractivity contribution in [2.24, 2.45) is 0 Å². The van der Waals surface area contributed by atoms with Gasteiger partial charge in [-0.25, -0.2) is 4.98 Å². The van der Waals surface area contributed by atoms with Gasteiger partial charge >= 0.3 is 0 Å². The van der Waals surface area contributed by atoms with Gasteiger partial charge in [0.05, 0.1) is 11.3 Å². The molecule has 0 bridgehead atoms. The number of benzene rings is 1. The maximum atomic E-state index is 8.98. The topological polar surface area (TPSA) is 103 Å². The SMILES string of the molecule is N#Cc1cc(N)ccc1NCCCc1ncn[nH]1. The van der Waals surface area contributed by atoms with Crippen molar-refractivity contribution in [1.82, 2.24) is 15.2 Å². The molecule has 0 unspecified atom stereocenters. The lowest BCUT2D eigenvalue weighted by Crippen LogP contribution is -2.05. The van der Waals surface area contributed by atoms with Crippen molar-refractivity contribution in [3.63, 3.8) is 0 Å². The zero-order valence-corrected chi connectivity index (χ0v) is 9.85. The lowest BCUT2D eigenvalue weighted by molar-refractivity contribution is 0.805. The van der Waals surface area contributed by atoms with Gasteiger partial charge in [0.15, 0.2) is 0 Å². The van der Waals surface area contributed by atoms with E-state index in [4.69, 9.17) is 11.0 Å². The monoisotopic (exact) mass is 242 g/mol. The number of aromatic nitrogens is 3. The number of hydrogen-bond acceptors (Lipinski definition) is 5. The largest absolute Gasteiger partial charge is 0.399 e. The first-order valence-corrected chi connectivity index (χ1v) is 5.67. The molecule has 92 valence electrons. The number of rotatable bonds is 5. The number of nitrogens with two attached hydrogens (primary N) is 1. The Balaban J connectivity index is 1.85. The Bertz CT molecular complexity index is 540. The number of anilines is 2. The van der Waals surface area contributed by atoms with E-state index in [0.29, 0.717) is 11.3 Å². The summed E-state index contributed by atoms with van der Waals surface area (Å²) >= 11 is 0. The van der Waals surface area contributed by atoms with E-state index >= 15 is 0 Å². The Morgan fingerprint density at radius 2 is 2.33 bits per heavy atom. The third-order valence-corrected chi connectivity index (χ3v) is 2.53. The maximum Gasteiger partial charge on any atom is 0.137 e. The first-order chi connectivity index (χ1) is 8.79. The van der Waals surface area contributed by atoms with Crippen LogP contribution < -0.4 is 11.1 Å². The second-order valence-electron chi connectivity index (χ2n) is 3.88. The number of nitrogen functional groups attached to an aromatic ring is 1. The van der Waals surface area contributed by atoms with Gasteiger partial charge in [-0.3, -0.25) is 5.10 Å². The molecule has 0 saturated heterocycles. The van der Waals surface area contributed by atoms with Crippen LogP contribution in [0.2, 0.25) is 0 Å². The molecule has 6 heteroatoms. The number of nitrogens with one attached hydrogen (secondary N) is 2. The van der Waals surface area contributed by atoms with E-state index in [2.05, 4.69) is 26.6 Å². The highest BCUT2D eigenvalue weighted by molar-refractivity contribution is 5.62. The Morgan fingerprint density at radius 1 is 1.44 bits per heavy atom. The maximum absolute atomic E-state index is 8.98. The summed E-state index contributed by atoms with van der Waals surface area (Å²) in [5, 5.41) is 18.8. The van der Waals surface area contributed by atoms with Gasteiger partial charge in [0.25, 0.3) is 0 Å². The number of nitrogens with zero attached hydrogens (tertiary/aromatic N) is 3. The summed E-state index contributed by atoms with van der Waals surface area (Å²) in [5.41, 5.74) is 7.59. The first-order valence-electron chi connectivity index (χ1n) is 5.67. The standard InChI is InChI=1S/C12H14N6/c13-7-9-6-10(14)3-4-11(9)15-5-1-2-12-16-8-17-18-12/h3-4,6,8,15H,1-2,5,14H2,(H,16,17,18). The van der Waals surface area contributed by atoms with Crippen LogP contribution in [0, 0.1) is 11.3 Å². The third-order valence-electron chi connectivity index (χ3n) is 2.53. The van der Waals surface area contributed by atoms with Gasteiger partial charge in [0.1, 0.15) is 18.2 Å². The molecule has 6 nitrogen and oxygen atoms in total. The summed E-state index contributed by atoms with van der Waals surface area (Å²) in [7, 11) is 0. The smallest absolute Gasteiger partial charge is 0.137 e. The number of H-pyrrole nitrogens is 1. The lowest BCUT2D eigenvalue weighted by Gasteiger charge is -2.08. The van der Waals surface area contributed by atoms with E-state index in [0.717, 1.165) is 30.9 Å². The molecule has 2 rings (SSSR count). The van der Waals surface area contributed by atoms with Crippen LogP contribution in [-0.2, 0) is 6.42 Å². The van der Waals surface area contributed by atoms with Crippen molar-refractivity contribution in [2.75, 3.05) is 17.6 Å². The Labute approximate surface area is 105 Å². The summed E-state index contributed by atoms with van der Waals surface area (Å²) in [6.45, 7) is 0.763. The molecular formula is C12H14N6. The fraction of sp³-hybridized carbons (Fsp3) is 0.250. The average molecular weight is 242 g/mol. The molecule has 0 aliphatic heterocycles. The van der Waals surface area contributed by atoms with Crippen molar-refractivity contribution in [3.8, 4) is 6.07 Å². The molecule has 0 amide bonds. The predicted octanol–water partition coefficient (Wildman–Crippen LogP) is 1.30. The van der Waals surface area contributed by atoms with Gasteiger partial charge in [0.2, 0.25) is 0 Å². The number of nitriles is 1. The zero-order chi connectivity index (χ0) is 12.8. The highest BCUT2D eigenvalue weighted by Crippen LogP contribution is 2.17. The summed E-state index contributed by atoms with van der Waals surface area (Å²) in [6.07, 6.45) is 3.23. The van der Waals surface area contributed by atoms with Crippen molar-refractivity contribution in [3.05, 3.63) is 35.9 Å². The minimum atomic E-state index is 0.565. The van der Waals surface area contributed by atoms with Crippen LogP contribution in [0.5, 0.6) is 0 Å². The quantitative estimate of drug-likeness (QED) is 0.541. The molecular weight excluding hydrogens is 228 g/mol. The van der Waals surface area contributed by atoms with Crippen molar-refractivity contribution < 1.29 is 0 Å². The highest BCUT2D eigenvalue weighted by Gasteiger charge is 2.02. The second kappa shape index (κ2) is 5.68. The minimum Gasteiger partial charge on any atom is -0.399 e. The van der Waals surface area contributed by atoms with E-state index < -0.39 is 0 Å². The zero-order valence-electron chi connectivity index (χ0n) is 9.85. The van der Waals surface area contributed by atoms with Gasteiger partial charge in [0, 0.05) is 18.7 Å². The molecule has 0 radical (unpaired) electrons. The molecule has 0 aliphatic carbocycles. The molecule has 1 aromatic carbocycles. The van der Waals surface area contributed by atoms with Crippen LogP contribution in [0.1, 0.15) is 17.8 Å². The van der Waals surface area contributed by atoms with Crippen LogP contribution >= 0.6 is 0 Å². The number of aromatic amines is 1. The molecule has 0 saturated carbocycles. The van der Waals surface area contributed by atoms with Gasteiger partial charge in [-0.15, -0.1) is 0 Å². The molecule has 0 atom stereocenters. The Kier molecular flexibility index (Phi) is 3.76. The fourth-order valence-electron chi connectivity index (χ4n) is 1.64. The van der Waals surface area contributed by atoms with Crippen LogP contribution in [0.15, 0.2) is 24.5 Å². The van der Waals surface area contributed by atoms with Crippen LogP contribution in [-0.4, -0.2) is 21.7 Å². The lowest BCUT2D eigenvalue weighted by atomic mass is 10.1. The van der Waals surface area contributed by atoms with Crippen LogP contribution in [0.4, 0.5) is 11.4 Å². The summed E-state index contributed by atoms with van der Waals surface area (Å²) in [5.74, 6) is 0.870. The molecule has 18 heavy (non-hydrogen) atoms. The normalized spacial score (nSPS) is 9.94. The summed E-state index contributed by atoms with van der Waals surface area (Å²) < 4.78 is 0. The summed E-state index contributed by atoms with van der Waals surface area (Å²) in [4.78, 5) is 4.04. The van der Waals surface area contributed by atoms with Crippen molar-refractivity contribution in [1.29, 1.82) is 5.26 Å². The molecule has 2 aromatic rings. The van der Waals surface area contributed by atoms with E-state index in [1.54, 1.807) is 12.1 Å². The average Bonchev–Trinajstić information content (AvgIpc) is 2.89. The first kappa shape index (κ1) is 11.9. The Morgan fingerprint density at radius 3 is 3.06 bits per heavy atom. The summed E-state index contributed by atoms with van der Waals surface area (Å²) in [6, 6.07) is 7.38. The number of aryl methyl sites for hydroxylation is 1. The van der Waals surface area contributed by atoms with Gasteiger partial charge in [-0.05, 0) is 24.6 Å². The molecule has 0 fully saturated rings. The van der Waals surface area contributed by atoms with Crippen LogP contribution in [0.3, 0.4) is 0 Å². The number of hydrogen-bond donors (Lipinski definition) is 3. The fourth-order valence-corrected chi connectivity index (χ4v) is 1.64. The van der Waals surface area contributed by atoms with E-state index in [1.165, 1.54) is 6.33 Å². The molecule has 0 spiro atoms. The second-order valence-corrected chi connectivity index (χ2v) is 3.88. The minimum absolute atomic E-state index is 0.565. The van der Waals surface area contributed by atoms with E-state index in [-0.39, 0.29) is 0 Å². The Hall–Kier alpha value is -2.55. The van der Waals surface area contributed by atoms with Crippen molar-refractivity contribution >= 4 is 11.4 Å². The predicted molar refractivity (Wildman–Crippen MR) is 68.8 cm³/mol. The van der Waals surface area contributed by atoms with Gasteiger partial charge < -0.3 is 11.1 Å². The molecule has 1 aromatic heterocycles. The molecule has 0 aliphatic rings. The van der Waals surface area contributed by atoms with E-state index in [9.17, 15) is 0 Å². The molecule has 1 heterocycles. The van der Waals surface area contributed by atoms with Gasteiger partial charge in [-0.1, -0.05) is 0 Å². The molecule has 4 N–H and O–H groups in total. The van der Waals surface area contributed by atoms with Crippen molar-refractivity contribution in [2.45, 2.75) is 12.8 Å².